The number of nitrogens with zero attached hydrogens (tertiary/aromatic N) is 2. The molecule has 1 aliphatic heterocycles. The van der Waals surface area contributed by atoms with E-state index in [1.54, 1.807) is 25.0 Å². The molecule has 4 aromatic rings. The molecular weight excluding hydrogens is 428 g/mol. The second-order valence-electron chi connectivity index (χ2n) is 8.16. The second-order valence-corrected chi connectivity index (χ2v) is 8.16. The molecule has 1 aromatic heterocycles. The molecule has 170 valence electrons. The van der Waals surface area contributed by atoms with Gasteiger partial charge >= 0.3 is 0 Å². The maximum atomic E-state index is 13.1. The lowest BCUT2D eigenvalue weighted by atomic mass is 10.0. The van der Waals surface area contributed by atoms with Gasteiger partial charge in [-0.3, -0.25) is 4.79 Å². The Labute approximate surface area is 198 Å². The molecule has 5 rings (SSSR count). The van der Waals surface area contributed by atoms with E-state index >= 15 is 0 Å². The average molecular weight is 453 g/mol. The molecule has 0 saturated carbocycles. The molecule has 0 amide bonds. The Morgan fingerprint density at radius 2 is 1.65 bits per heavy atom. The summed E-state index contributed by atoms with van der Waals surface area (Å²) in [7, 11) is 3.20. The van der Waals surface area contributed by atoms with Gasteiger partial charge in [0, 0.05) is 17.3 Å². The van der Waals surface area contributed by atoms with E-state index in [2.05, 4.69) is 0 Å². The minimum atomic E-state index is -0.135. The van der Waals surface area contributed by atoms with Crippen LogP contribution in [-0.2, 0) is 0 Å². The Kier molecular flexibility index (Phi) is 5.42. The molecule has 0 unspecified atom stereocenters. The number of hydrogen-bond acceptors (Lipinski definition) is 5. The first-order chi connectivity index (χ1) is 16.5. The van der Waals surface area contributed by atoms with Gasteiger partial charge in [-0.15, -0.1) is 0 Å². The molecule has 0 aliphatic carbocycles. The summed E-state index contributed by atoms with van der Waals surface area (Å²) in [5.41, 5.74) is 5.89. The number of allylic oxidation sites excluding steroid dienone is 1. The third-order valence-corrected chi connectivity index (χ3v) is 5.99. The zero-order valence-electron chi connectivity index (χ0n) is 19.5. The van der Waals surface area contributed by atoms with Crippen LogP contribution in [-0.4, -0.2) is 29.8 Å². The summed E-state index contributed by atoms with van der Waals surface area (Å²) in [4.78, 5) is 13.1. The van der Waals surface area contributed by atoms with Crippen molar-refractivity contribution in [3.8, 4) is 34.2 Å². The monoisotopic (exact) mass is 452 g/mol. The fourth-order valence-electron chi connectivity index (χ4n) is 4.00. The van der Waals surface area contributed by atoms with E-state index in [0.29, 0.717) is 28.5 Å². The van der Waals surface area contributed by atoms with E-state index in [4.69, 9.17) is 19.3 Å². The van der Waals surface area contributed by atoms with Gasteiger partial charge in [-0.1, -0.05) is 18.2 Å². The topological polar surface area (TPSA) is 62.6 Å². The number of benzene rings is 3. The van der Waals surface area contributed by atoms with Gasteiger partial charge in [-0.25, -0.2) is 4.68 Å². The highest BCUT2D eigenvalue weighted by atomic mass is 16.5. The van der Waals surface area contributed by atoms with Gasteiger partial charge in [-0.05, 0) is 73.5 Å². The lowest BCUT2D eigenvalue weighted by Gasteiger charge is -2.09. The van der Waals surface area contributed by atoms with Crippen molar-refractivity contribution >= 4 is 11.9 Å². The minimum absolute atomic E-state index is 0.135. The Balaban J connectivity index is 1.63. The number of fused-ring (bicyclic) bond motifs is 1. The Morgan fingerprint density at radius 1 is 0.912 bits per heavy atom. The van der Waals surface area contributed by atoms with Crippen LogP contribution in [0.25, 0.3) is 23.0 Å². The smallest absolute Gasteiger partial charge is 0.231 e. The van der Waals surface area contributed by atoms with Crippen LogP contribution in [0.4, 0.5) is 0 Å². The van der Waals surface area contributed by atoms with Crippen molar-refractivity contribution in [1.29, 1.82) is 0 Å². The SMILES string of the molecule is COc1ccc(-c2nn(-c3ccccc3)cc2/C=C2\Oc3cc(C)c(C)cc3C2=O)cc1OC. The molecule has 0 N–H and O–H groups in total. The van der Waals surface area contributed by atoms with Crippen LogP contribution in [0.15, 0.2) is 72.6 Å². The summed E-state index contributed by atoms with van der Waals surface area (Å²) >= 11 is 0. The number of aromatic nitrogens is 2. The maximum Gasteiger partial charge on any atom is 0.231 e. The van der Waals surface area contributed by atoms with Crippen molar-refractivity contribution in [3.63, 3.8) is 0 Å². The molecule has 3 aromatic carbocycles. The number of ether oxygens (including phenoxy) is 3. The average Bonchev–Trinajstić information content (AvgIpc) is 3.41. The van der Waals surface area contributed by atoms with Crippen LogP contribution >= 0.6 is 0 Å². The van der Waals surface area contributed by atoms with E-state index in [9.17, 15) is 4.79 Å². The summed E-state index contributed by atoms with van der Waals surface area (Å²) in [6.07, 6.45) is 3.65. The number of methoxy groups -OCH3 is 2. The van der Waals surface area contributed by atoms with Gasteiger partial charge in [0.25, 0.3) is 0 Å². The van der Waals surface area contributed by atoms with Crippen LogP contribution in [0, 0.1) is 13.8 Å². The van der Waals surface area contributed by atoms with Crippen molar-refractivity contribution in [2.75, 3.05) is 14.2 Å². The lowest BCUT2D eigenvalue weighted by molar-refractivity contribution is 0.101. The van der Waals surface area contributed by atoms with Crippen LogP contribution in [0.3, 0.4) is 0 Å². The fourth-order valence-corrected chi connectivity index (χ4v) is 4.00. The number of carbonyl (C=O) groups is 1. The van der Waals surface area contributed by atoms with E-state index < -0.39 is 0 Å². The van der Waals surface area contributed by atoms with Crippen LogP contribution in [0.5, 0.6) is 17.2 Å². The van der Waals surface area contributed by atoms with Gasteiger partial charge in [-0.2, -0.15) is 5.10 Å². The van der Waals surface area contributed by atoms with E-state index in [1.807, 2.05) is 80.7 Å². The van der Waals surface area contributed by atoms with Crippen molar-refractivity contribution in [2.45, 2.75) is 13.8 Å². The Bertz CT molecular complexity index is 1430. The number of para-hydroxylation sites is 1. The normalized spacial score (nSPS) is 13.6. The number of rotatable bonds is 5. The predicted molar refractivity (Wildman–Crippen MR) is 131 cm³/mol. The predicted octanol–water partition coefficient (Wildman–Crippen LogP) is 5.79. The first-order valence-corrected chi connectivity index (χ1v) is 10.9. The van der Waals surface area contributed by atoms with Crippen molar-refractivity contribution in [3.05, 3.63) is 94.9 Å². The standard InChI is InChI=1S/C28H24N2O4/c1-17-12-22-24(13-18(17)2)34-26(28(22)31)15-20-16-30(21-8-6-5-7-9-21)29-27(20)19-10-11-23(32-3)25(14-19)33-4/h5-16H,1-4H3/b26-15-. The highest BCUT2D eigenvalue weighted by Crippen LogP contribution is 2.37. The van der Waals surface area contributed by atoms with Crippen molar-refractivity contribution in [1.82, 2.24) is 9.78 Å². The first kappa shape index (κ1) is 21.5. The fraction of sp³-hybridized carbons (Fsp3) is 0.143. The second kappa shape index (κ2) is 8.56. The number of carbonyl (C=O) groups excluding carboxylic acids is 1. The molecule has 34 heavy (non-hydrogen) atoms. The summed E-state index contributed by atoms with van der Waals surface area (Å²) in [6, 6.07) is 19.2. The van der Waals surface area contributed by atoms with Gasteiger partial charge in [0.1, 0.15) is 11.4 Å². The zero-order chi connectivity index (χ0) is 23.8. The van der Waals surface area contributed by atoms with Gasteiger partial charge < -0.3 is 14.2 Å². The molecular formula is C28H24N2O4. The molecule has 2 heterocycles. The minimum Gasteiger partial charge on any atom is -0.493 e. The van der Waals surface area contributed by atoms with Crippen molar-refractivity contribution in [2.24, 2.45) is 0 Å². The molecule has 1 aliphatic rings. The highest BCUT2D eigenvalue weighted by Gasteiger charge is 2.28. The van der Waals surface area contributed by atoms with Gasteiger partial charge in [0.15, 0.2) is 17.3 Å². The molecule has 0 spiro atoms. The van der Waals surface area contributed by atoms with E-state index in [0.717, 1.165) is 27.9 Å². The lowest BCUT2D eigenvalue weighted by Crippen LogP contribution is -1.98. The largest absolute Gasteiger partial charge is 0.493 e. The van der Waals surface area contributed by atoms with Crippen molar-refractivity contribution < 1.29 is 19.0 Å². The zero-order valence-corrected chi connectivity index (χ0v) is 19.5. The number of hydrogen-bond donors (Lipinski definition) is 0. The third-order valence-electron chi connectivity index (χ3n) is 5.99. The first-order valence-electron chi connectivity index (χ1n) is 10.9. The summed E-state index contributed by atoms with van der Waals surface area (Å²) in [5, 5.41) is 4.83. The molecule has 0 bridgehead atoms. The Morgan fingerprint density at radius 3 is 2.38 bits per heavy atom. The van der Waals surface area contributed by atoms with E-state index in [1.165, 1.54) is 0 Å². The summed E-state index contributed by atoms with van der Waals surface area (Å²) < 4.78 is 18.6. The molecule has 6 nitrogen and oxygen atoms in total. The van der Waals surface area contributed by atoms with Crippen LogP contribution in [0.2, 0.25) is 0 Å². The highest BCUT2D eigenvalue weighted by molar-refractivity contribution is 6.14. The molecule has 6 heteroatoms. The molecule has 0 saturated heterocycles. The summed E-state index contributed by atoms with van der Waals surface area (Å²) in [6.45, 7) is 3.99. The Hall–Kier alpha value is -4.32. The van der Waals surface area contributed by atoms with Gasteiger partial charge in [0.2, 0.25) is 5.78 Å². The molecule has 0 fully saturated rings. The number of Topliss-reactive ketones (excluding diaryl/α,β-unsaturated/α-hetero) is 1. The molecule has 0 atom stereocenters. The summed E-state index contributed by atoms with van der Waals surface area (Å²) in [5.74, 6) is 1.95. The number of aryl methyl sites for hydroxylation is 2. The maximum absolute atomic E-state index is 13.1. The molecule has 0 radical (unpaired) electrons. The quantitative estimate of drug-likeness (QED) is 0.359. The van der Waals surface area contributed by atoms with Crippen LogP contribution in [0.1, 0.15) is 27.0 Å². The third kappa shape index (κ3) is 3.73. The van der Waals surface area contributed by atoms with Crippen LogP contribution < -0.4 is 14.2 Å². The van der Waals surface area contributed by atoms with Gasteiger partial charge in [0.05, 0.1) is 25.5 Å². The van der Waals surface area contributed by atoms with E-state index in [-0.39, 0.29) is 11.5 Å². The number of ketones is 1.